The molecule has 6 nitrogen and oxygen atoms in total. The number of rotatable bonds is 6. The molecule has 1 unspecified atom stereocenters. The van der Waals surface area contributed by atoms with E-state index in [0.29, 0.717) is 30.0 Å². The molecular formula is C28H21BrF2N2O4. The van der Waals surface area contributed by atoms with Crippen LogP contribution in [0.25, 0.3) is 22.0 Å². The number of hydrogen-bond acceptors (Lipinski definition) is 4. The molecule has 1 aliphatic heterocycles. The van der Waals surface area contributed by atoms with Crippen LogP contribution in [0, 0.1) is 11.6 Å². The molecule has 0 radical (unpaired) electrons. The van der Waals surface area contributed by atoms with E-state index in [1.807, 2.05) is 30.3 Å². The topological polar surface area (TPSA) is 88.5 Å². The van der Waals surface area contributed by atoms with Crippen LogP contribution in [0.3, 0.4) is 0 Å². The predicted molar refractivity (Wildman–Crippen MR) is 138 cm³/mol. The molecule has 1 aliphatic rings. The summed E-state index contributed by atoms with van der Waals surface area (Å²) in [5.74, 6) is -3.97. The molecule has 0 fully saturated rings. The second-order valence-corrected chi connectivity index (χ2v) is 9.50. The number of ether oxygens (including phenoxy) is 1. The normalized spacial score (nSPS) is 13.5. The second-order valence-electron chi connectivity index (χ2n) is 8.71. The Balaban J connectivity index is 1.50. The highest BCUT2D eigenvalue weighted by atomic mass is 79.9. The summed E-state index contributed by atoms with van der Waals surface area (Å²) >= 11 is 3.68. The number of aromatic nitrogens is 1. The number of carbonyl (C=O) groups is 2. The number of nitrogens with zero attached hydrogens (tertiary/aromatic N) is 1. The van der Waals surface area contributed by atoms with Crippen molar-refractivity contribution >= 4 is 38.6 Å². The van der Waals surface area contributed by atoms with Gasteiger partial charge in [-0.15, -0.1) is 0 Å². The van der Waals surface area contributed by atoms with Gasteiger partial charge in [-0.2, -0.15) is 0 Å². The monoisotopic (exact) mass is 566 g/mol. The molecule has 2 heterocycles. The predicted octanol–water partition coefficient (Wildman–Crippen LogP) is 5.69. The maximum atomic E-state index is 14.1. The van der Waals surface area contributed by atoms with Crippen LogP contribution in [0.4, 0.5) is 8.78 Å². The molecule has 0 spiro atoms. The number of nitrogens with one attached hydrogen (secondary N) is 1. The fourth-order valence-corrected chi connectivity index (χ4v) is 5.27. The summed E-state index contributed by atoms with van der Waals surface area (Å²) in [4.78, 5) is 29.2. The molecule has 37 heavy (non-hydrogen) atoms. The van der Waals surface area contributed by atoms with E-state index < -0.39 is 35.1 Å². The molecule has 1 amide bonds. The van der Waals surface area contributed by atoms with Crippen molar-refractivity contribution in [1.82, 2.24) is 10.3 Å². The Bertz CT molecular complexity index is 1520. The Kier molecular flexibility index (Phi) is 6.88. The number of pyridine rings is 1. The number of aliphatic carboxylic acids is 1. The average molecular weight is 567 g/mol. The van der Waals surface area contributed by atoms with E-state index in [4.69, 9.17) is 4.74 Å². The molecule has 0 saturated heterocycles. The highest BCUT2D eigenvalue weighted by Crippen LogP contribution is 2.42. The van der Waals surface area contributed by atoms with E-state index in [1.165, 1.54) is 0 Å². The fourth-order valence-electron chi connectivity index (χ4n) is 4.59. The van der Waals surface area contributed by atoms with E-state index in [-0.39, 0.29) is 6.42 Å². The van der Waals surface area contributed by atoms with Gasteiger partial charge in [0.15, 0.2) is 0 Å². The zero-order valence-corrected chi connectivity index (χ0v) is 21.0. The summed E-state index contributed by atoms with van der Waals surface area (Å²) in [5, 5.41) is 14.0. The molecule has 0 saturated carbocycles. The SMILES string of the molecule is O=C(NC(Cc1ccc(-c2ncc3ccccc3c2Br)c2c1CCCO2)C(=O)O)c1c(F)cccc1F. The van der Waals surface area contributed by atoms with Gasteiger partial charge in [0, 0.05) is 23.6 Å². The van der Waals surface area contributed by atoms with Gasteiger partial charge >= 0.3 is 5.97 Å². The van der Waals surface area contributed by atoms with E-state index in [0.717, 1.165) is 51.0 Å². The molecule has 4 aromatic rings. The van der Waals surface area contributed by atoms with Crippen molar-refractivity contribution in [2.45, 2.75) is 25.3 Å². The van der Waals surface area contributed by atoms with Crippen molar-refractivity contribution in [3.05, 3.63) is 93.6 Å². The Morgan fingerprint density at radius 3 is 2.59 bits per heavy atom. The van der Waals surface area contributed by atoms with Crippen molar-refractivity contribution in [3.63, 3.8) is 0 Å². The summed E-state index contributed by atoms with van der Waals surface area (Å²) in [6.45, 7) is 0.500. The van der Waals surface area contributed by atoms with E-state index in [2.05, 4.69) is 26.2 Å². The third-order valence-electron chi connectivity index (χ3n) is 6.39. The first-order chi connectivity index (χ1) is 17.8. The highest BCUT2D eigenvalue weighted by molar-refractivity contribution is 9.10. The molecule has 1 atom stereocenters. The number of carbonyl (C=O) groups excluding carboxylic acids is 1. The van der Waals surface area contributed by atoms with E-state index >= 15 is 0 Å². The van der Waals surface area contributed by atoms with Crippen LogP contribution >= 0.6 is 15.9 Å². The minimum atomic E-state index is -1.41. The quantitative estimate of drug-likeness (QED) is 0.313. The molecule has 3 aromatic carbocycles. The molecule has 9 heteroatoms. The number of carboxylic acid groups (broad SMARTS) is 1. The van der Waals surface area contributed by atoms with Crippen LogP contribution in [-0.2, 0) is 17.6 Å². The zero-order valence-electron chi connectivity index (χ0n) is 19.4. The van der Waals surface area contributed by atoms with Gasteiger partial charge in [-0.1, -0.05) is 36.4 Å². The Labute approximate surface area is 219 Å². The number of fused-ring (bicyclic) bond motifs is 2. The molecule has 188 valence electrons. The number of halogens is 3. The summed E-state index contributed by atoms with van der Waals surface area (Å²) < 4.78 is 35.0. The smallest absolute Gasteiger partial charge is 0.326 e. The summed E-state index contributed by atoms with van der Waals surface area (Å²) in [5.41, 5.74) is 2.13. The molecule has 1 aromatic heterocycles. The molecule has 0 bridgehead atoms. The van der Waals surface area contributed by atoms with Crippen molar-refractivity contribution in [2.75, 3.05) is 6.61 Å². The van der Waals surface area contributed by atoms with Gasteiger partial charge in [-0.25, -0.2) is 13.6 Å². The third kappa shape index (κ3) is 4.79. The number of benzene rings is 3. The average Bonchev–Trinajstić information content (AvgIpc) is 2.89. The summed E-state index contributed by atoms with van der Waals surface area (Å²) in [6, 6.07) is 13.1. The van der Waals surface area contributed by atoms with Crippen molar-refractivity contribution in [2.24, 2.45) is 0 Å². The Hall–Kier alpha value is -3.85. The maximum Gasteiger partial charge on any atom is 0.326 e. The van der Waals surface area contributed by atoms with Crippen LogP contribution < -0.4 is 10.1 Å². The fraction of sp³-hybridized carbons (Fsp3) is 0.179. The first-order valence-corrected chi connectivity index (χ1v) is 12.4. The van der Waals surface area contributed by atoms with Crippen molar-refractivity contribution < 1.29 is 28.2 Å². The van der Waals surface area contributed by atoms with Gasteiger partial charge in [0.05, 0.1) is 16.8 Å². The summed E-state index contributed by atoms with van der Waals surface area (Å²) in [7, 11) is 0. The minimum Gasteiger partial charge on any atom is -0.493 e. The lowest BCUT2D eigenvalue weighted by Gasteiger charge is -2.25. The minimum absolute atomic E-state index is 0.0879. The van der Waals surface area contributed by atoms with Crippen LogP contribution in [-0.4, -0.2) is 34.6 Å². The Morgan fingerprint density at radius 2 is 1.84 bits per heavy atom. The van der Waals surface area contributed by atoms with Crippen molar-refractivity contribution in [3.8, 4) is 17.0 Å². The molecule has 0 aliphatic carbocycles. The maximum absolute atomic E-state index is 14.1. The van der Waals surface area contributed by atoms with Gasteiger partial charge in [0.2, 0.25) is 0 Å². The van der Waals surface area contributed by atoms with E-state index in [1.54, 1.807) is 12.3 Å². The number of carboxylic acids is 1. The van der Waals surface area contributed by atoms with Gasteiger partial charge < -0.3 is 15.2 Å². The molecular weight excluding hydrogens is 546 g/mol. The first-order valence-electron chi connectivity index (χ1n) is 11.6. The first kappa shape index (κ1) is 24.8. The third-order valence-corrected chi connectivity index (χ3v) is 7.19. The largest absolute Gasteiger partial charge is 0.493 e. The van der Waals surface area contributed by atoms with E-state index in [9.17, 15) is 23.5 Å². The molecule has 5 rings (SSSR count). The van der Waals surface area contributed by atoms with Crippen LogP contribution in [0.1, 0.15) is 27.9 Å². The molecule has 2 N–H and O–H groups in total. The van der Waals surface area contributed by atoms with Crippen LogP contribution in [0.15, 0.2) is 65.3 Å². The highest BCUT2D eigenvalue weighted by Gasteiger charge is 2.28. The lowest BCUT2D eigenvalue weighted by atomic mass is 9.91. The standard InChI is InChI=1S/C28H21BrF2N2O4/c29-24-17-6-2-1-5-16(17)14-32-25(24)19-11-10-15(18-7-4-12-37-26(18)19)13-22(28(35)36)33-27(34)23-20(30)8-3-9-21(23)31/h1-3,5-6,8-11,14,22H,4,7,12-13H2,(H,33,34)(H,35,36). The Morgan fingerprint density at radius 1 is 1.08 bits per heavy atom. The van der Waals surface area contributed by atoms with Crippen molar-refractivity contribution in [1.29, 1.82) is 0 Å². The van der Waals surface area contributed by atoms with Gasteiger partial charge in [0.1, 0.15) is 29.0 Å². The van der Waals surface area contributed by atoms with Gasteiger partial charge in [0.25, 0.3) is 5.91 Å². The van der Waals surface area contributed by atoms with Crippen LogP contribution in [0.2, 0.25) is 0 Å². The summed E-state index contributed by atoms with van der Waals surface area (Å²) in [6.07, 6.45) is 3.08. The van der Waals surface area contributed by atoms with Gasteiger partial charge in [-0.05, 0) is 63.5 Å². The second kappa shape index (κ2) is 10.3. The number of hydrogen-bond donors (Lipinski definition) is 2. The van der Waals surface area contributed by atoms with Gasteiger partial charge in [-0.3, -0.25) is 9.78 Å². The lowest BCUT2D eigenvalue weighted by Crippen LogP contribution is -2.43. The van der Waals surface area contributed by atoms with Crippen LogP contribution in [0.5, 0.6) is 5.75 Å². The zero-order chi connectivity index (χ0) is 26.1. The number of amides is 1. The lowest BCUT2D eigenvalue weighted by molar-refractivity contribution is -0.139.